The summed E-state index contributed by atoms with van der Waals surface area (Å²) >= 11 is 3.44. The molecule has 1 aromatic rings. The molecule has 1 unspecified atom stereocenters. The number of rotatable bonds is 5. The summed E-state index contributed by atoms with van der Waals surface area (Å²) in [5, 5.41) is 6.27. The number of nitrogens with one attached hydrogen (secondary N) is 2. The molecule has 2 amide bonds. The number of carbonyl (C=O) groups is 2. The highest BCUT2D eigenvalue weighted by Gasteiger charge is 2.32. The van der Waals surface area contributed by atoms with Crippen LogP contribution >= 0.6 is 15.9 Å². The van der Waals surface area contributed by atoms with Gasteiger partial charge in [0.1, 0.15) is 28.5 Å². The molecule has 0 aromatic carbocycles. The van der Waals surface area contributed by atoms with Crippen molar-refractivity contribution in [2.75, 3.05) is 24.2 Å². The zero-order valence-electron chi connectivity index (χ0n) is 12.0. The highest BCUT2D eigenvalue weighted by atomic mass is 79.9. The molecule has 2 N–H and O–H groups in total. The molecular formula is C13H18BrN5O2. The third-order valence-corrected chi connectivity index (χ3v) is 4.04. The van der Waals surface area contributed by atoms with Gasteiger partial charge in [0.15, 0.2) is 0 Å². The lowest BCUT2D eigenvalue weighted by Gasteiger charge is -2.28. The fraction of sp³-hybridized carbons (Fsp3) is 0.538. The molecule has 8 heteroatoms. The third-order valence-electron chi connectivity index (χ3n) is 3.29. The van der Waals surface area contributed by atoms with Crippen LogP contribution in [0.15, 0.2) is 10.8 Å². The van der Waals surface area contributed by atoms with Crippen molar-refractivity contribution in [3.8, 4) is 0 Å². The highest BCUT2D eigenvalue weighted by molar-refractivity contribution is 9.10. The molecule has 0 bridgehead atoms. The van der Waals surface area contributed by atoms with Crippen LogP contribution in [0.25, 0.3) is 0 Å². The van der Waals surface area contributed by atoms with Crippen LogP contribution in [0.3, 0.4) is 0 Å². The van der Waals surface area contributed by atoms with Gasteiger partial charge in [0.25, 0.3) is 5.91 Å². The number of anilines is 2. The zero-order valence-corrected chi connectivity index (χ0v) is 13.6. The molecule has 1 saturated heterocycles. The molecule has 7 nitrogen and oxygen atoms in total. The molecule has 21 heavy (non-hydrogen) atoms. The molecule has 0 spiro atoms. The number of amides is 2. The second-order valence-corrected chi connectivity index (χ2v) is 5.63. The molecular weight excluding hydrogens is 338 g/mol. The first kappa shape index (κ1) is 15.7. The van der Waals surface area contributed by atoms with Crippen molar-refractivity contribution in [3.63, 3.8) is 0 Å². The van der Waals surface area contributed by atoms with Gasteiger partial charge in [-0.25, -0.2) is 9.97 Å². The maximum absolute atomic E-state index is 12.1. The summed E-state index contributed by atoms with van der Waals surface area (Å²) in [4.78, 5) is 33.0. The third kappa shape index (κ3) is 3.49. The number of hydrogen-bond acceptors (Lipinski definition) is 6. The summed E-state index contributed by atoms with van der Waals surface area (Å²) in [6.07, 6.45) is 3.24. The molecule has 1 aromatic heterocycles. The number of imide groups is 1. The number of likely N-dealkylation sites (N-methyl/N-ethyl adjacent to an activating group) is 1. The molecule has 1 aliphatic rings. The minimum atomic E-state index is -0.446. The quantitative estimate of drug-likeness (QED) is 0.780. The lowest BCUT2D eigenvalue weighted by atomic mass is 10.0. The minimum Gasteiger partial charge on any atom is -0.369 e. The van der Waals surface area contributed by atoms with Gasteiger partial charge >= 0.3 is 0 Å². The van der Waals surface area contributed by atoms with Crippen molar-refractivity contribution in [2.24, 2.45) is 0 Å². The molecule has 1 atom stereocenters. The van der Waals surface area contributed by atoms with E-state index >= 15 is 0 Å². The lowest BCUT2D eigenvalue weighted by Crippen LogP contribution is -2.48. The molecule has 1 aliphatic heterocycles. The first-order valence-electron chi connectivity index (χ1n) is 6.86. The maximum Gasteiger partial charge on any atom is 0.251 e. The maximum atomic E-state index is 12.1. The van der Waals surface area contributed by atoms with Gasteiger partial charge in [0.05, 0.1) is 0 Å². The summed E-state index contributed by atoms with van der Waals surface area (Å²) < 4.78 is 0.686. The molecule has 2 heterocycles. The number of aromatic nitrogens is 2. The fourth-order valence-electron chi connectivity index (χ4n) is 2.05. The first-order valence-corrected chi connectivity index (χ1v) is 7.65. The van der Waals surface area contributed by atoms with Gasteiger partial charge in [-0.15, -0.1) is 0 Å². The Bertz CT molecular complexity index is 551. The van der Waals surface area contributed by atoms with Crippen LogP contribution in [0.4, 0.5) is 11.6 Å². The average Bonchev–Trinajstić information content (AvgIpc) is 2.48. The number of piperidine rings is 1. The van der Waals surface area contributed by atoms with Crippen molar-refractivity contribution >= 4 is 39.4 Å². The van der Waals surface area contributed by atoms with E-state index in [-0.39, 0.29) is 11.8 Å². The molecule has 1 fully saturated rings. The highest BCUT2D eigenvalue weighted by Crippen LogP contribution is 2.28. The van der Waals surface area contributed by atoms with E-state index in [0.29, 0.717) is 29.0 Å². The number of hydrogen-bond donors (Lipinski definition) is 2. The van der Waals surface area contributed by atoms with Gasteiger partial charge in [-0.1, -0.05) is 6.92 Å². The zero-order chi connectivity index (χ0) is 15.4. The molecule has 0 saturated carbocycles. The van der Waals surface area contributed by atoms with E-state index in [1.54, 1.807) is 0 Å². The number of carbonyl (C=O) groups excluding carboxylic acids is 2. The lowest BCUT2D eigenvalue weighted by molar-refractivity contribution is -0.146. The second-order valence-electron chi connectivity index (χ2n) is 4.84. The SMILES string of the molecule is CCCNc1ncnc(NC2CCC(=O)N(C)C2=O)c1Br. The van der Waals surface area contributed by atoms with E-state index in [9.17, 15) is 9.59 Å². The predicted octanol–water partition coefficient (Wildman–Crippen LogP) is 1.62. The predicted molar refractivity (Wildman–Crippen MR) is 82.9 cm³/mol. The van der Waals surface area contributed by atoms with Crippen molar-refractivity contribution in [1.29, 1.82) is 0 Å². The molecule has 0 aliphatic carbocycles. The molecule has 0 radical (unpaired) electrons. The van der Waals surface area contributed by atoms with E-state index in [2.05, 4.69) is 43.5 Å². The summed E-state index contributed by atoms with van der Waals surface area (Å²) in [7, 11) is 1.50. The summed E-state index contributed by atoms with van der Waals surface area (Å²) in [6, 6.07) is -0.446. The number of halogens is 1. The smallest absolute Gasteiger partial charge is 0.251 e. The van der Waals surface area contributed by atoms with Gasteiger partial charge in [-0.05, 0) is 28.8 Å². The minimum absolute atomic E-state index is 0.148. The van der Waals surface area contributed by atoms with E-state index in [1.807, 2.05) is 0 Å². The largest absolute Gasteiger partial charge is 0.369 e. The van der Waals surface area contributed by atoms with E-state index in [1.165, 1.54) is 13.4 Å². The van der Waals surface area contributed by atoms with Crippen LogP contribution in [-0.2, 0) is 9.59 Å². The molecule has 2 rings (SSSR count). The number of nitrogens with zero attached hydrogens (tertiary/aromatic N) is 3. The summed E-state index contributed by atoms with van der Waals surface area (Å²) in [5.74, 6) is 0.844. The van der Waals surface area contributed by atoms with E-state index in [4.69, 9.17) is 0 Å². The topological polar surface area (TPSA) is 87.2 Å². The monoisotopic (exact) mass is 355 g/mol. The number of likely N-dealkylation sites (tertiary alicyclic amines) is 1. The fourth-order valence-corrected chi connectivity index (χ4v) is 2.51. The van der Waals surface area contributed by atoms with Crippen molar-refractivity contribution < 1.29 is 9.59 Å². The van der Waals surface area contributed by atoms with E-state index < -0.39 is 6.04 Å². The van der Waals surface area contributed by atoms with Gasteiger partial charge in [0.2, 0.25) is 5.91 Å². The second kappa shape index (κ2) is 6.84. The van der Waals surface area contributed by atoms with Crippen molar-refractivity contribution in [3.05, 3.63) is 10.8 Å². The Balaban J connectivity index is 2.12. The van der Waals surface area contributed by atoms with Crippen LogP contribution in [0.2, 0.25) is 0 Å². The van der Waals surface area contributed by atoms with Crippen LogP contribution < -0.4 is 10.6 Å². The Morgan fingerprint density at radius 1 is 1.38 bits per heavy atom. The van der Waals surface area contributed by atoms with E-state index in [0.717, 1.165) is 17.9 Å². The van der Waals surface area contributed by atoms with Gasteiger partial charge < -0.3 is 10.6 Å². The van der Waals surface area contributed by atoms with Crippen LogP contribution in [0.5, 0.6) is 0 Å². The Kier molecular flexibility index (Phi) is 5.11. The van der Waals surface area contributed by atoms with Gasteiger partial charge in [-0.3, -0.25) is 14.5 Å². The van der Waals surface area contributed by atoms with Crippen LogP contribution in [0, 0.1) is 0 Å². The first-order chi connectivity index (χ1) is 10.0. The molecule has 114 valence electrons. The van der Waals surface area contributed by atoms with Crippen LogP contribution in [-0.4, -0.2) is 46.3 Å². The summed E-state index contributed by atoms with van der Waals surface area (Å²) in [5.41, 5.74) is 0. The Morgan fingerprint density at radius 2 is 2.10 bits per heavy atom. The Morgan fingerprint density at radius 3 is 2.81 bits per heavy atom. The standard InChI is InChI=1S/C13H18BrN5O2/c1-3-6-15-11-10(14)12(17-7-16-11)18-8-4-5-9(20)19(2)13(8)21/h7-8H,3-6H2,1-2H3,(H2,15,16,17,18). The normalized spacial score (nSPS) is 18.8. The Labute approximate surface area is 131 Å². The van der Waals surface area contributed by atoms with Crippen molar-refractivity contribution in [1.82, 2.24) is 14.9 Å². The van der Waals surface area contributed by atoms with Gasteiger partial charge in [-0.2, -0.15) is 0 Å². The van der Waals surface area contributed by atoms with Gasteiger partial charge in [0, 0.05) is 20.0 Å². The van der Waals surface area contributed by atoms with Crippen LogP contribution in [0.1, 0.15) is 26.2 Å². The summed E-state index contributed by atoms with van der Waals surface area (Å²) in [6.45, 7) is 2.86. The van der Waals surface area contributed by atoms with Crippen molar-refractivity contribution in [2.45, 2.75) is 32.2 Å². The Hall–Kier alpha value is -1.70. The average molecular weight is 356 g/mol.